The highest BCUT2D eigenvalue weighted by Gasteiger charge is 2.28. The van der Waals surface area contributed by atoms with Crippen molar-refractivity contribution in [3.8, 4) is 0 Å². The summed E-state index contributed by atoms with van der Waals surface area (Å²) >= 11 is 0. The smallest absolute Gasteiger partial charge is 0.257 e. The number of likely N-dealkylation sites (N-methyl/N-ethyl adjacent to an activating group) is 1. The molecule has 1 aromatic carbocycles. The topological polar surface area (TPSA) is 49.4 Å². The van der Waals surface area contributed by atoms with Crippen molar-refractivity contribution < 1.29 is 18.4 Å². The van der Waals surface area contributed by atoms with Gasteiger partial charge < -0.3 is 10.2 Å². The van der Waals surface area contributed by atoms with Gasteiger partial charge in [0, 0.05) is 14.1 Å². The summed E-state index contributed by atoms with van der Waals surface area (Å²) in [4.78, 5) is 25.2. The van der Waals surface area contributed by atoms with Crippen molar-refractivity contribution in [1.29, 1.82) is 0 Å². The van der Waals surface area contributed by atoms with E-state index in [1.807, 2.05) is 0 Å². The first-order chi connectivity index (χ1) is 9.25. The molecular formula is C14H18F2N2O2. The molecule has 2 amide bonds. The monoisotopic (exact) mass is 284 g/mol. The Morgan fingerprint density at radius 2 is 1.65 bits per heavy atom. The highest BCUT2D eigenvalue weighted by atomic mass is 19.1. The average Bonchev–Trinajstić information content (AvgIpc) is 2.34. The molecule has 0 aromatic heterocycles. The first-order valence-corrected chi connectivity index (χ1v) is 6.21. The second-order valence-corrected chi connectivity index (χ2v) is 5.02. The SMILES string of the molecule is CC(C)[C@H](NC(=O)c1c(F)cccc1F)C(=O)N(C)C. The first kappa shape index (κ1) is 16.1. The van der Waals surface area contributed by atoms with Crippen molar-refractivity contribution in [3.05, 3.63) is 35.4 Å². The van der Waals surface area contributed by atoms with E-state index in [2.05, 4.69) is 5.32 Å². The van der Waals surface area contributed by atoms with E-state index in [1.54, 1.807) is 27.9 Å². The maximum atomic E-state index is 13.5. The summed E-state index contributed by atoms with van der Waals surface area (Å²) in [5, 5.41) is 2.39. The number of hydrogen-bond acceptors (Lipinski definition) is 2. The number of halogens is 2. The van der Waals surface area contributed by atoms with Gasteiger partial charge >= 0.3 is 0 Å². The molecule has 1 rings (SSSR count). The Balaban J connectivity index is 3.01. The summed E-state index contributed by atoms with van der Waals surface area (Å²) in [6.45, 7) is 3.48. The van der Waals surface area contributed by atoms with Crippen LogP contribution in [0.25, 0.3) is 0 Å². The standard InChI is InChI=1S/C14H18F2N2O2/c1-8(2)12(14(20)18(3)4)17-13(19)11-9(15)6-5-7-10(11)16/h5-8,12H,1-4H3,(H,17,19)/t12-/m0/s1. The molecule has 0 heterocycles. The fraction of sp³-hybridized carbons (Fsp3) is 0.429. The lowest BCUT2D eigenvalue weighted by Gasteiger charge is -2.24. The van der Waals surface area contributed by atoms with Crippen molar-refractivity contribution >= 4 is 11.8 Å². The fourth-order valence-corrected chi connectivity index (χ4v) is 1.72. The van der Waals surface area contributed by atoms with Gasteiger partial charge in [0.05, 0.1) is 0 Å². The molecule has 0 saturated heterocycles. The maximum absolute atomic E-state index is 13.5. The summed E-state index contributed by atoms with van der Waals surface area (Å²) < 4.78 is 27.0. The fourth-order valence-electron chi connectivity index (χ4n) is 1.72. The zero-order valence-electron chi connectivity index (χ0n) is 11.9. The van der Waals surface area contributed by atoms with E-state index in [-0.39, 0.29) is 11.8 Å². The molecule has 0 fully saturated rings. The summed E-state index contributed by atoms with van der Waals surface area (Å²) in [7, 11) is 3.10. The van der Waals surface area contributed by atoms with Gasteiger partial charge in [-0.3, -0.25) is 9.59 Å². The number of amides is 2. The number of nitrogens with one attached hydrogen (secondary N) is 1. The Morgan fingerprint density at radius 3 is 2.05 bits per heavy atom. The van der Waals surface area contributed by atoms with Gasteiger partial charge in [0.2, 0.25) is 5.91 Å². The lowest BCUT2D eigenvalue weighted by Crippen LogP contribution is -2.49. The van der Waals surface area contributed by atoms with Crippen LogP contribution in [-0.4, -0.2) is 36.9 Å². The van der Waals surface area contributed by atoms with Crippen LogP contribution in [0.3, 0.4) is 0 Å². The third-order valence-electron chi connectivity index (χ3n) is 2.85. The molecule has 6 heteroatoms. The van der Waals surface area contributed by atoms with E-state index in [9.17, 15) is 18.4 Å². The average molecular weight is 284 g/mol. The van der Waals surface area contributed by atoms with Crippen molar-refractivity contribution in [2.24, 2.45) is 5.92 Å². The van der Waals surface area contributed by atoms with Gasteiger partial charge in [-0.15, -0.1) is 0 Å². The van der Waals surface area contributed by atoms with Crippen LogP contribution in [0.5, 0.6) is 0 Å². The minimum Gasteiger partial charge on any atom is -0.347 e. The predicted molar refractivity (Wildman–Crippen MR) is 71.1 cm³/mol. The van der Waals surface area contributed by atoms with Crippen LogP contribution in [-0.2, 0) is 4.79 Å². The lowest BCUT2D eigenvalue weighted by molar-refractivity contribution is -0.131. The largest absolute Gasteiger partial charge is 0.347 e. The van der Waals surface area contributed by atoms with E-state index in [4.69, 9.17) is 0 Å². The van der Waals surface area contributed by atoms with E-state index in [1.165, 1.54) is 11.0 Å². The number of carbonyl (C=O) groups is 2. The van der Waals surface area contributed by atoms with Crippen LogP contribution < -0.4 is 5.32 Å². The molecule has 1 aromatic rings. The Labute approximate surface area is 116 Å². The Bertz CT molecular complexity index is 496. The number of benzene rings is 1. The number of carbonyl (C=O) groups excluding carboxylic acids is 2. The van der Waals surface area contributed by atoms with Gasteiger partial charge in [-0.2, -0.15) is 0 Å². The Kier molecular flexibility index (Phi) is 5.19. The molecule has 0 spiro atoms. The third-order valence-corrected chi connectivity index (χ3v) is 2.85. The van der Waals surface area contributed by atoms with Gasteiger partial charge in [-0.25, -0.2) is 8.78 Å². The zero-order valence-corrected chi connectivity index (χ0v) is 11.9. The lowest BCUT2D eigenvalue weighted by atomic mass is 10.0. The van der Waals surface area contributed by atoms with Crippen molar-refractivity contribution in [2.75, 3.05) is 14.1 Å². The molecule has 0 unspecified atom stereocenters. The molecule has 1 N–H and O–H groups in total. The van der Waals surface area contributed by atoms with Gasteiger partial charge in [-0.1, -0.05) is 19.9 Å². The Hall–Kier alpha value is -1.98. The van der Waals surface area contributed by atoms with E-state index in [0.717, 1.165) is 12.1 Å². The van der Waals surface area contributed by atoms with Crippen LogP contribution in [0, 0.1) is 17.6 Å². The highest BCUT2D eigenvalue weighted by molar-refractivity contribution is 5.98. The number of nitrogens with zero attached hydrogens (tertiary/aromatic N) is 1. The normalized spacial score (nSPS) is 12.2. The van der Waals surface area contributed by atoms with Crippen molar-refractivity contribution in [3.63, 3.8) is 0 Å². The second-order valence-electron chi connectivity index (χ2n) is 5.02. The van der Waals surface area contributed by atoms with Crippen LogP contribution in [0.4, 0.5) is 8.78 Å². The molecule has 0 aliphatic carbocycles. The third kappa shape index (κ3) is 3.53. The summed E-state index contributed by atoms with van der Waals surface area (Å²) in [5.41, 5.74) is -0.676. The van der Waals surface area contributed by atoms with Gasteiger partial charge in [0.1, 0.15) is 23.2 Å². The maximum Gasteiger partial charge on any atom is 0.257 e. The summed E-state index contributed by atoms with van der Waals surface area (Å²) in [5.74, 6) is -3.38. The van der Waals surface area contributed by atoms with Crippen LogP contribution in [0.1, 0.15) is 24.2 Å². The van der Waals surface area contributed by atoms with Crippen molar-refractivity contribution in [1.82, 2.24) is 10.2 Å². The van der Waals surface area contributed by atoms with E-state index >= 15 is 0 Å². The van der Waals surface area contributed by atoms with E-state index < -0.39 is 29.1 Å². The van der Waals surface area contributed by atoms with Gasteiger partial charge in [0.25, 0.3) is 5.91 Å². The van der Waals surface area contributed by atoms with Crippen LogP contribution in [0.15, 0.2) is 18.2 Å². The predicted octanol–water partition coefficient (Wildman–Crippen LogP) is 1.81. The van der Waals surface area contributed by atoms with Gasteiger partial charge in [-0.05, 0) is 18.1 Å². The zero-order chi connectivity index (χ0) is 15.4. The summed E-state index contributed by atoms with van der Waals surface area (Å²) in [6.07, 6.45) is 0. The number of rotatable bonds is 4. The molecule has 1 atom stereocenters. The quantitative estimate of drug-likeness (QED) is 0.916. The molecule has 0 radical (unpaired) electrons. The molecule has 0 saturated carbocycles. The first-order valence-electron chi connectivity index (χ1n) is 6.21. The second kappa shape index (κ2) is 6.45. The molecule has 0 bridgehead atoms. The summed E-state index contributed by atoms with van der Waals surface area (Å²) in [6, 6.07) is 2.33. The molecule has 110 valence electrons. The minimum atomic E-state index is -0.956. The van der Waals surface area contributed by atoms with Crippen LogP contribution in [0.2, 0.25) is 0 Å². The highest BCUT2D eigenvalue weighted by Crippen LogP contribution is 2.13. The molecule has 20 heavy (non-hydrogen) atoms. The molecular weight excluding hydrogens is 266 g/mol. The van der Waals surface area contributed by atoms with E-state index in [0.29, 0.717) is 0 Å². The number of hydrogen-bond donors (Lipinski definition) is 1. The van der Waals surface area contributed by atoms with Gasteiger partial charge in [0.15, 0.2) is 0 Å². The minimum absolute atomic E-state index is 0.205. The molecule has 4 nitrogen and oxygen atoms in total. The Morgan fingerprint density at radius 1 is 1.15 bits per heavy atom. The van der Waals surface area contributed by atoms with Crippen molar-refractivity contribution in [2.45, 2.75) is 19.9 Å². The van der Waals surface area contributed by atoms with Crippen LogP contribution >= 0.6 is 0 Å². The molecule has 0 aliphatic heterocycles. The molecule has 0 aliphatic rings.